The summed E-state index contributed by atoms with van der Waals surface area (Å²) in [5.41, 5.74) is 3.96. The van der Waals surface area contributed by atoms with Crippen LogP contribution < -0.4 is 0 Å². The molecular weight excluding hydrogens is 353 g/mol. The van der Waals surface area contributed by atoms with Crippen molar-refractivity contribution >= 4 is 11.8 Å². The molecule has 0 saturated heterocycles. The zero-order valence-electron chi connectivity index (χ0n) is 13.7. The van der Waals surface area contributed by atoms with E-state index >= 15 is 0 Å². The lowest BCUT2D eigenvalue weighted by Gasteiger charge is -2.53. The molecule has 2 bridgehead atoms. The van der Waals surface area contributed by atoms with Gasteiger partial charge in [0.05, 0.1) is 5.25 Å². The van der Waals surface area contributed by atoms with Crippen molar-refractivity contribution in [1.82, 2.24) is 0 Å². The van der Waals surface area contributed by atoms with Crippen LogP contribution in [0.5, 0.6) is 0 Å². The molecule has 6 rings (SSSR count). The molecule has 0 N–H and O–H groups in total. The van der Waals surface area contributed by atoms with Crippen molar-refractivity contribution in [2.24, 2.45) is 0 Å². The van der Waals surface area contributed by atoms with Crippen molar-refractivity contribution in [1.29, 1.82) is 0 Å². The third-order valence-corrected chi connectivity index (χ3v) is 7.33. The molecule has 0 saturated carbocycles. The Labute approximate surface area is 154 Å². The van der Waals surface area contributed by atoms with E-state index in [0.717, 1.165) is 34.0 Å². The highest BCUT2D eigenvalue weighted by atomic mass is 32.2. The normalized spacial score (nSPS) is 26.3. The predicted octanol–water partition coefficient (Wildman–Crippen LogP) is 6.43. The first kappa shape index (κ1) is 16.0. The fourth-order valence-corrected chi connectivity index (χ4v) is 6.34. The van der Waals surface area contributed by atoms with Gasteiger partial charge in [0.25, 0.3) is 0 Å². The summed E-state index contributed by atoms with van der Waals surface area (Å²) >= 11 is 1.05. The maximum absolute atomic E-state index is 14.7. The number of hydrogen-bond acceptors (Lipinski definition) is 1. The average molecular weight is 368 g/mol. The van der Waals surface area contributed by atoms with E-state index in [1.54, 1.807) is 30.3 Å². The average Bonchev–Trinajstić information content (AvgIpc) is 2.68. The van der Waals surface area contributed by atoms with E-state index in [-0.39, 0.29) is 5.25 Å². The van der Waals surface area contributed by atoms with Gasteiger partial charge in [-0.25, -0.2) is 0 Å². The van der Waals surface area contributed by atoms with Crippen LogP contribution >= 0.6 is 11.8 Å². The van der Waals surface area contributed by atoms with Crippen molar-refractivity contribution < 1.29 is 13.2 Å². The molecule has 0 nitrogen and oxygen atoms in total. The first-order valence-electron chi connectivity index (χ1n) is 8.52. The van der Waals surface area contributed by atoms with E-state index in [2.05, 4.69) is 0 Å². The monoisotopic (exact) mass is 368 g/mol. The summed E-state index contributed by atoms with van der Waals surface area (Å²) < 4.78 is 42.2. The molecule has 4 heteroatoms. The molecule has 2 heterocycles. The van der Waals surface area contributed by atoms with Gasteiger partial charge in [-0.2, -0.15) is 13.2 Å². The minimum Gasteiger partial charge on any atom is -0.169 e. The van der Waals surface area contributed by atoms with Gasteiger partial charge >= 0.3 is 6.18 Å². The lowest BCUT2D eigenvalue weighted by Crippen LogP contribution is -2.50. The number of alkyl halides is 3. The molecule has 0 radical (unpaired) electrons. The van der Waals surface area contributed by atoms with Gasteiger partial charge < -0.3 is 0 Å². The number of rotatable bonds is 1. The van der Waals surface area contributed by atoms with E-state index in [1.165, 1.54) is 0 Å². The molecule has 0 aromatic heterocycles. The van der Waals surface area contributed by atoms with Gasteiger partial charge in [0, 0.05) is 5.92 Å². The third kappa shape index (κ3) is 1.94. The zero-order valence-corrected chi connectivity index (χ0v) is 14.5. The fourth-order valence-electron chi connectivity index (χ4n) is 4.49. The van der Waals surface area contributed by atoms with E-state index in [4.69, 9.17) is 0 Å². The molecule has 3 aliphatic rings. The van der Waals surface area contributed by atoms with Gasteiger partial charge in [0.2, 0.25) is 0 Å². The molecule has 26 heavy (non-hydrogen) atoms. The second-order valence-corrected chi connectivity index (χ2v) is 8.14. The Balaban J connectivity index is 1.88. The first-order valence-corrected chi connectivity index (χ1v) is 9.40. The molecule has 130 valence electrons. The summed E-state index contributed by atoms with van der Waals surface area (Å²) in [7, 11) is 0. The smallest absolute Gasteiger partial charge is 0.169 e. The summed E-state index contributed by atoms with van der Waals surface area (Å²) in [6.45, 7) is 0. The van der Waals surface area contributed by atoms with Gasteiger partial charge in [0.1, 0.15) is 4.75 Å². The zero-order chi connectivity index (χ0) is 17.9. The van der Waals surface area contributed by atoms with E-state index < -0.39 is 16.8 Å². The lowest BCUT2D eigenvalue weighted by molar-refractivity contribution is -0.166. The summed E-state index contributed by atoms with van der Waals surface area (Å²) in [6, 6.07) is 23.6. The van der Waals surface area contributed by atoms with Crippen LogP contribution in [0.2, 0.25) is 0 Å². The van der Waals surface area contributed by atoms with Gasteiger partial charge in [-0.15, -0.1) is 11.8 Å². The molecule has 3 aromatic rings. The molecule has 0 spiro atoms. The highest BCUT2D eigenvalue weighted by Gasteiger charge is 2.67. The van der Waals surface area contributed by atoms with Crippen molar-refractivity contribution in [2.45, 2.75) is 22.1 Å². The number of fused-ring (bicyclic) bond motifs is 1. The topological polar surface area (TPSA) is 0 Å². The van der Waals surface area contributed by atoms with E-state index in [1.807, 2.05) is 48.5 Å². The van der Waals surface area contributed by atoms with Crippen LogP contribution in [0, 0.1) is 0 Å². The first-order chi connectivity index (χ1) is 12.5. The number of benzene rings is 3. The Morgan fingerprint density at radius 1 is 0.654 bits per heavy atom. The van der Waals surface area contributed by atoms with Gasteiger partial charge in [0.15, 0.2) is 0 Å². The standard InChI is InChI=1S/C22H15F3S/c23-22(24,25)21(14-8-2-1-3-9-14)19-15-10-4-6-12-17(15)20(26-21)18-13-7-5-11-16(18)19/h1-13,19-20H. The molecule has 1 unspecified atom stereocenters. The Bertz CT molecular complexity index is 932. The minimum absolute atomic E-state index is 0.311. The molecule has 0 amide bonds. The molecule has 1 atom stereocenters. The van der Waals surface area contributed by atoms with Crippen LogP contribution in [0.15, 0.2) is 78.9 Å². The second kappa shape index (κ2) is 5.40. The van der Waals surface area contributed by atoms with Crippen LogP contribution in [0.4, 0.5) is 13.2 Å². The van der Waals surface area contributed by atoms with Gasteiger partial charge in [-0.05, 0) is 27.8 Å². The maximum atomic E-state index is 14.7. The summed E-state index contributed by atoms with van der Waals surface area (Å²) in [6.07, 6.45) is -4.37. The lowest BCUT2D eigenvalue weighted by atomic mass is 9.68. The van der Waals surface area contributed by atoms with Crippen molar-refractivity contribution in [3.8, 4) is 0 Å². The minimum atomic E-state index is -4.37. The van der Waals surface area contributed by atoms with Crippen molar-refractivity contribution in [2.75, 3.05) is 0 Å². The van der Waals surface area contributed by atoms with Crippen LogP contribution in [-0.4, -0.2) is 6.18 Å². The summed E-state index contributed by atoms with van der Waals surface area (Å²) in [5.74, 6) is -0.743. The Morgan fingerprint density at radius 2 is 1.12 bits per heavy atom. The largest absolute Gasteiger partial charge is 0.408 e. The van der Waals surface area contributed by atoms with Crippen molar-refractivity contribution in [3.05, 3.63) is 107 Å². The van der Waals surface area contributed by atoms with Crippen LogP contribution in [0.3, 0.4) is 0 Å². The van der Waals surface area contributed by atoms with Crippen LogP contribution in [-0.2, 0) is 4.75 Å². The quantitative estimate of drug-likeness (QED) is 0.477. The van der Waals surface area contributed by atoms with Crippen molar-refractivity contribution in [3.63, 3.8) is 0 Å². The fraction of sp³-hybridized carbons (Fsp3) is 0.182. The van der Waals surface area contributed by atoms with E-state index in [0.29, 0.717) is 5.56 Å². The van der Waals surface area contributed by atoms with Gasteiger partial charge in [-0.1, -0.05) is 78.9 Å². The third-order valence-electron chi connectivity index (χ3n) is 5.51. The highest BCUT2D eigenvalue weighted by molar-refractivity contribution is 8.00. The number of halogens is 3. The van der Waals surface area contributed by atoms with Gasteiger partial charge in [-0.3, -0.25) is 0 Å². The molecule has 0 fully saturated rings. The maximum Gasteiger partial charge on any atom is 0.408 e. The van der Waals surface area contributed by atoms with Crippen LogP contribution in [0.1, 0.15) is 39.0 Å². The Morgan fingerprint density at radius 3 is 1.62 bits per heavy atom. The Kier molecular flexibility index (Phi) is 3.32. The summed E-state index contributed by atoms with van der Waals surface area (Å²) in [5, 5.41) is -0.311. The molecule has 2 aliphatic heterocycles. The second-order valence-electron chi connectivity index (χ2n) is 6.79. The summed E-state index contributed by atoms with van der Waals surface area (Å²) in [4.78, 5) is 0. The van der Waals surface area contributed by atoms with Crippen LogP contribution in [0.25, 0.3) is 0 Å². The number of thioether (sulfide) groups is 1. The molecule has 1 aliphatic carbocycles. The predicted molar refractivity (Wildman–Crippen MR) is 98.3 cm³/mol. The Hall–Kier alpha value is -2.20. The van der Waals surface area contributed by atoms with E-state index in [9.17, 15) is 13.2 Å². The molecular formula is C22H15F3S. The highest BCUT2D eigenvalue weighted by Crippen LogP contribution is 2.71. The SMILES string of the molecule is FC(F)(F)C1(c2ccccc2)SC2c3ccccc3C1c1ccccc12. The molecule has 3 aromatic carbocycles. The number of hydrogen-bond donors (Lipinski definition) is 0.